The molecule has 0 heterocycles. The number of amides is 1. The molecule has 4 aromatic rings. The van der Waals surface area contributed by atoms with Gasteiger partial charge in [-0.05, 0) is 51.1 Å². The molecule has 2 N–H and O–H groups in total. The molecule has 6 nitrogen and oxygen atoms in total. The highest BCUT2D eigenvalue weighted by Crippen LogP contribution is 2.44. The molecule has 5 rings (SSSR count). The van der Waals surface area contributed by atoms with Gasteiger partial charge < -0.3 is 15.2 Å². The van der Waals surface area contributed by atoms with Crippen LogP contribution in [-0.2, 0) is 16.0 Å². The van der Waals surface area contributed by atoms with Gasteiger partial charge in [0.1, 0.15) is 12.6 Å². The van der Waals surface area contributed by atoms with Gasteiger partial charge in [-0.1, -0.05) is 94.8 Å². The van der Waals surface area contributed by atoms with Crippen molar-refractivity contribution in [3.8, 4) is 22.3 Å². The number of hydrogen-bond donors (Lipinski definition) is 2. The molecule has 0 saturated carbocycles. The highest BCUT2D eigenvalue weighted by Gasteiger charge is 2.29. The van der Waals surface area contributed by atoms with Crippen molar-refractivity contribution in [2.75, 3.05) is 6.61 Å². The first-order valence-corrected chi connectivity index (χ1v) is 12.9. The van der Waals surface area contributed by atoms with Gasteiger partial charge >= 0.3 is 12.1 Å². The van der Waals surface area contributed by atoms with Gasteiger partial charge in [-0.3, -0.25) is 4.79 Å². The van der Waals surface area contributed by atoms with E-state index in [2.05, 4.69) is 33.4 Å². The molecule has 1 amide bonds. The second kappa shape index (κ2) is 11.0. The first-order valence-electron chi connectivity index (χ1n) is 12.1. The highest BCUT2D eigenvalue weighted by molar-refractivity contribution is 9.10. The lowest BCUT2D eigenvalue weighted by Crippen LogP contribution is -2.42. The predicted octanol–water partition coefficient (Wildman–Crippen LogP) is 6.46. The van der Waals surface area contributed by atoms with Crippen molar-refractivity contribution < 1.29 is 24.2 Å². The van der Waals surface area contributed by atoms with E-state index >= 15 is 0 Å². The fourth-order valence-electron chi connectivity index (χ4n) is 4.85. The molecular formula is C31H24BrNO5. The number of carboxylic acids is 1. The maximum Gasteiger partial charge on any atom is 0.407 e. The molecule has 7 heteroatoms. The highest BCUT2D eigenvalue weighted by atomic mass is 79.9. The number of rotatable bonds is 8. The van der Waals surface area contributed by atoms with Crippen LogP contribution < -0.4 is 5.32 Å². The van der Waals surface area contributed by atoms with E-state index in [4.69, 9.17) is 4.74 Å². The van der Waals surface area contributed by atoms with Crippen LogP contribution >= 0.6 is 15.9 Å². The van der Waals surface area contributed by atoms with Gasteiger partial charge in [-0.2, -0.15) is 0 Å². The summed E-state index contributed by atoms with van der Waals surface area (Å²) in [6, 6.07) is 27.8. The molecule has 0 radical (unpaired) electrons. The quantitative estimate of drug-likeness (QED) is 0.237. The second-order valence-corrected chi connectivity index (χ2v) is 9.97. The van der Waals surface area contributed by atoms with E-state index in [0.717, 1.165) is 45.2 Å². The van der Waals surface area contributed by atoms with E-state index in [9.17, 15) is 19.5 Å². The summed E-state index contributed by atoms with van der Waals surface area (Å²) in [6.07, 6.45) is 0.121. The van der Waals surface area contributed by atoms with Crippen LogP contribution in [0, 0.1) is 0 Å². The molecule has 0 spiro atoms. The molecule has 1 atom stereocenters. The van der Waals surface area contributed by atoms with Crippen LogP contribution in [-0.4, -0.2) is 36.1 Å². The van der Waals surface area contributed by atoms with Gasteiger partial charge in [-0.15, -0.1) is 0 Å². The number of benzene rings is 4. The van der Waals surface area contributed by atoms with Crippen molar-refractivity contribution in [2.24, 2.45) is 0 Å². The SMILES string of the molecule is O=Cc1ccc(-c2ccc(C[C@H](NC(=O)OCC3c4ccccc4-c4ccccc43)C(=O)O)cc2)cc1Br. The minimum absolute atomic E-state index is 0.105. The summed E-state index contributed by atoms with van der Waals surface area (Å²) in [5.41, 5.74) is 7.57. The normalized spacial score (nSPS) is 12.8. The minimum atomic E-state index is -1.14. The van der Waals surface area contributed by atoms with Crippen LogP contribution in [0.2, 0.25) is 0 Å². The Kier molecular flexibility index (Phi) is 7.38. The molecule has 0 aromatic heterocycles. The van der Waals surface area contributed by atoms with Crippen molar-refractivity contribution in [3.05, 3.63) is 118 Å². The number of aldehydes is 1. The van der Waals surface area contributed by atoms with Crippen LogP contribution in [0.3, 0.4) is 0 Å². The number of hydrogen-bond acceptors (Lipinski definition) is 4. The Morgan fingerprint density at radius 3 is 2.08 bits per heavy atom. The number of nitrogens with one attached hydrogen (secondary N) is 1. The van der Waals surface area contributed by atoms with E-state index < -0.39 is 18.1 Å². The standard InChI is InChI=1S/C31H24BrNO5/c32-28-16-21(13-14-22(28)17-34)20-11-9-19(10-12-20)15-29(30(35)36)33-31(37)38-18-27-25-7-3-1-5-23(25)24-6-2-4-8-26(24)27/h1-14,16-17,27,29H,15,18H2,(H,33,37)(H,35,36)/t29-/m0/s1. The third-order valence-electron chi connectivity index (χ3n) is 6.79. The summed E-state index contributed by atoms with van der Waals surface area (Å²) in [6.45, 7) is 0.110. The minimum Gasteiger partial charge on any atom is -0.480 e. The van der Waals surface area contributed by atoms with Gasteiger partial charge in [-0.25, -0.2) is 9.59 Å². The fourth-order valence-corrected chi connectivity index (χ4v) is 5.33. The van der Waals surface area contributed by atoms with E-state index in [1.54, 1.807) is 6.07 Å². The first kappa shape index (κ1) is 25.4. The summed E-state index contributed by atoms with van der Waals surface area (Å²) < 4.78 is 6.22. The topological polar surface area (TPSA) is 92.7 Å². The van der Waals surface area contributed by atoms with Crippen LogP contribution in [0.25, 0.3) is 22.3 Å². The molecule has 190 valence electrons. The van der Waals surface area contributed by atoms with Crippen molar-refractivity contribution in [1.29, 1.82) is 0 Å². The average Bonchev–Trinajstić information content (AvgIpc) is 3.25. The summed E-state index contributed by atoms with van der Waals surface area (Å²) in [5, 5.41) is 12.2. The average molecular weight is 570 g/mol. The number of aliphatic carboxylic acids is 1. The lowest BCUT2D eigenvalue weighted by Gasteiger charge is -2.17. The summed E-state index contributed by atoms with van der Waals surface area (Å²) >= 11 is 3.39. The molecule has 4 aromatic carbocycles. The monoisotopic (exact) mass is 569 g/mol. The third-order valence-corrected chi connectivity index (χ3v) is 7.48. The Morgan fingerprint density at radius 1 is 0.895 bits per heavy atom. The third kappa shape index (κ3) is 5.24. The van der Waals surface area contributed by atoms with Crippen LogP contribution in [0.5, 0.6) is 0 Å². The number of carbonyl (C=O) groups is 3. The maximum atomic E-state index is 12.6. The molecule has 38 heavy (non-hydrogen) atoms. The lowest BCUT2D eigenvalue weighted by atomic mass is 9.98. The molecule has 0 aliphatic heterocycles. The summed E-state index contributed by atoms with van der Waals surface area (Å²) in [5.74, 6) is -1.25. The van der Waals surface area contributed by atoms with Crippen LogP contribution in [0.1, 0.15) is 33.0 Å². The molecule has 0 bridgehead atoms. The predicted molar refractivity (Wildman–Crippen MR) is 148 cm³/mol. The molecular weight excluding hydrogens is 546 g/mol. The Balaban J connectivity index is 1.23. The smallest absolute Gasteiger partial charge is 0.407 e. The Morgan fingerprint density at radius 2 is 1.50 bits per heavy atom. The zero-order valence-corrected chi connectivity index (χ0v) is 21.9. The van der Waals surface area contributed by atoms with Crippen molar-refractivity contribution in [3.63, 3.8) is 0 Å². The first-order chi connectivity index (χ1) is 18.4. The number of carbonyl (C=O) groups excluding carboxylic acids is 2. The molecule has 1 aliphatic carbocycles. The van der Waals surface area contributed by atoms with Crippen molar-refractivity contribution in [2.45, 2.75) is 18.4 Å². The number of fused-ring (bicyclic) bond motifs is 3. The Labute approximate surface area is 228 Å². The van der Waals surface area contributed by atoms with Crippen molar-refractivity contribution >= 4 is 34.3 Å². The van der Waals surface area contributed by atoms with Crippen LogP contribution in [0.4, 0.5) is 4.79 Å². The van der Waals surface area contributed by atoms with Gasteiger partial charge in [0.2, 0.25) is 0 Å². The summed E-state index contributed by atoms with van der Waals surface area (Å²) in [4.78, 5) is 35.6. The van der Waals surface area contributed by atoms with E-state index in [1.807, 2.05) is 72.8 Å². The fraction of sp³-hybridized carbons (Fsp3) is 0.129. The molecule has 0 unspecified atom stereocenters. The van der Waals surface area contributed by atoms with Gasteiger partial charge in [0.05, 0.1) is 0 Å². The van der Waals surface area contributed by atoms with E-state index in [1.165, 1.54) is 0 Å². The number of ether oxygens (including phenoxy) is 1. The zero-order valence-electron chi connectivity index (χ0n) is 20.3. The van der Waals surface area contributed by atoms with Crippen LogP contribution in [0.15, 0.2) is 95.5 Å². The van der Waals surface area contributed by atoms with Crippen molar-refractivity contribution in [1.82, 2.24) is 5.32 Å². The maximum absolute atomic E-state index is 12.6. The summed E-state index contributed by atoms with van der Waals surface area (Å²) in [7, 11) is 0. The zero-order chi connectivity index (χ0) is 26.6. The van der Waals surface area contributed by atoms with E-state index in [0.29, 0.717) is 10.0 Å². The van der Waals surface area contributed by atoms with E-state index in [-0.39, 0.29) is 18.9 Å². The second-order valence-electron chi connectivity index (χ2n) is 9.12. The van der Waals surface area contributed by atoms with Gasteiger partial charge in [0.15, 0.2) is 6.29 Å². The van der Waals surface area contributed by atoms with Gasteiger partial charge in [0.25, 0.3) is 0 Å². The molecule has 1 aliphatic rings. The number of alkyl carbamates (subject to hydrolysis) is 1. The number of carboxylic acid groups (broad SMARTS) is 1. The lowest BCUT2D eigenvalue weighted by molar-refractivity contribution is -0.139. The van der Waals surface area contributed by atoms with Gasteiger partial charge in [0, 0.05) is 22.4 Å². The molecule has 0 saturated heterocycles. The Bertz CT molecular complexity index is 1470. The Hall–Kier alpha value is -4.23. The largest absolute Gasteiger partial charge is 0.480 e. The molecule has 0 fully saturated rings. The number of halogens is 1.